The fourth-order valence-electron chi connectivity index (χ4n) is 1.16. The number of rotatable bonds is 2. The van der Waals surface area contributed by atoms with E-state index in [0.717, 1.165) is 6.07 Å². The van der Waals surface area contributed by atoms with Gasteiger partial charge in [0, 0.05) is 10.9 Å². The molecule has 0 atom stereocenters. The second kappa shape index (κ2) is 4.21. The number of benzene rings is 1. The molecule has 0 aliphatic heterocycles. The SMILES string of the molecule is COc1cccc(C(F)(F)F)c1CBr. The Hall–Kier alpha value is -0.710. The summed E-state index contributed by atoms with van der Waals surface area (Å²) in [6.07, 6.45) is -4.34. The molecule has 0 aliphatic carbocycles. The van der Waals surface area contributed by atoms with Gasteiger partial charge in [-0.05, 0) is 12.1 Å². The van der Waals surface area contributed by atoms with Gasteiger partial charge in [0.2, 0.25) is 0 Å². The van der Waals surface area contributed by atoms with Crippen molar-refractivity contribution in [3.63, 3.8) is 0 Å². The van der Waals surface area contributed by atoms with Crippen molar-refractivity contribution in [3.8, 4) is 5.75 Å². The van der Waals surface area contributed by atoms with Gasteiger partial charge in [0.05, 0.1) is 12.7 Å². The summed E-state index contributed by atoms with van der Waals surface area (Å²) >= 11 is 3.01. The molecule has 78 valence electrons. The summed E-state index contributed by atoms with van der Waals surface area (Å²) in [6.45, 7) is 0. The van der Waals surface area contributed by atoms with Gasteiger partial charge >= 0.3 is 6.18 Å². The van der Waals surface area contributed by atoms with Crippen LogP contribution in [0.1, 0.15) is 11.1 Å². The van der Waals surface area contributed by atoms with Crippen LogP contribution in [0.25, 0.3) is 0 Å². The Labute approximate surface area is 88.0 Å². The van der Waals surface area contributed by atoms with Crippen LogP contribution >= 0.6 is 15.9 Å². The smallest absolute Gasteiger partial charge is 0.416 e. The maximum absolute atomic E-state index is 12.5. The fourth-order valence-corrected chi connectivity index (χ4v) is 1.74. The Kier molecular flexibility index (Phi) is 3.42. The highest BCUT2D eigenvalue weighted by atomic mass is 79.9. The zero-order valence-corrected chi connectivity index (χ0v) is 8.95. The maximum Gasteiger partial charge on any atom is 0.416 e. The predicted molar refractivity (Wildman–Crippen MR) is 50.6 cm³/mol. The quantitative estimate of drug-likeness (QED) is 0.745. The topological polar surface area (TPSA) is 9.23 Å². The monoisotopic (exact) mass is 268 g/mol. The fraction of sp³-hybridized carbons (Fsp3) is 0.333. The van der Waals surface area contributed by atoms with Gasteiger partial charge in [0.25, 0.3) is 0 Å². The number of ether oxygens (including phenoxy) is 1. The lowest BCUT2D eigenvalue weighted by molar-refractivity contribution is -0.138. The van der Waals surface area contributed by atoms with Crippen molar-refractivity contribution < 1.29 is 17.9 Å². The van der Waals surface area contributed by atoms with Gasteiger partial charge in [-0.15, -0.1) is 0 Å². The van der Waals surface area contributed by atoms with E-state index in [0.29, 0.717) is 0 Å². The molecule has 0 saturated heterocycles. The van der Waals surface area contributed by atoms with Crippen LogP contribution in [0.4, 0.5) is 13.2 Å². The minimum absolute atomic E-state index is 0.117. The van der Waals surface area contributed by atoms with Crippen LogP contribution in [0, 0.1) is 0 Å². The highest BCUT2D eigenvalue weighted by molar-refractivity contribution is 9.08. The van der Waals surface area contributed by atoms with Gasteiger partial charge in [0.1, 0.15) is 5.75 Å². The minimum atomic E-state index is -4.34. The van der Waals surface area contributed by atoms with Crippen LogP contribution in [0.3, 0.4) is 0 Å². The lowest BCUT2D eigenvalue weighted by atomic mass is 10.1. The first-order valence-electron chi connectivity index (χ1n) is 3.79. The summed E-state index contributed by atoms with van der Waals surface area (Å²) in [7, 11) is 1.35. The third kappa shape index (κ3) is 2.20. The molecule has 0 bridgehead atoms. The second-order valence-electron chi connectivity index (χ2n) is 2.62. The van der Waals surface area contributed by atoms with Crippen LogP contribution in [0.2, 0.25) is 0 Å². The van der Waals surface area contributed by atoms with Crippen LogP contribution in [-0.4, -0.2) is 7.11 Å². The van der Waals surface area contributed by atoms with Crippen molar-refractivity contribution in [2.75, 3.05) is 7.11 Å². The Balaban J connectivity index is 3.29. The van der Waals surface area contributed by atoms with E-state index in [9.17, 15) is 13.2 Å². The van der Waals surface area contributed by atoms with Crippen molar-refractivity contribution in [3.05, 3.63) is 29.3 Å². The predicted octanol–water partition coefficient (Wildman–Crippen LogP) is 3.61. The van der Waals surface area contributed by atoms with Crippen LogP contribution in [0.15, 0.2) is 18.2 Å². The Morgan fingerprint density at radius 3 is 2.43 bits per heavy atom. The first-order chi connectivity index (χ1) is 6.50. The summed E-state index contributed by atoms with van der Waals surface area (Å²) < 4.78 is 42.3. The van der Waals surface area contributed by atoms with Gasteiger partial charge in [-0.3, -0.25) is 0 Å². The van der Waals surface area contributed by atoms with Gasteiger partial charge < -0.3 is 4.74 Å². The lowest BCUT2D eigenvalue weighted by Crippen LogP contribution is -2.09. The molecule has 0 unspecified atom stereocenters. The zero-order valence-electron chi connectivity index (χ0n) is 7.36. The molecule has 0 amide bonds. The van der Waals surface area contributed by atoms with E-state index in [4.69, 9.17) is 4.74 Å². The van der Waals surface area contributed by atoms with E-state index in [1.807, 2.05) is 0 Å². The normalized spacial score (nSPS) is 11.5. The summed E-state index contributed by atoms with van der Waals surface area (Å²) in [4.78, 5) is 0. The highest BCUT2D eigenvalue weighted by Crippen LogP contribution is 2.36. The van der Waals surface area contributed by atoms with E-state index in [-0.39, 0.29) is 16.6 Å². The Bertz CT molecular complexity index is 322. The number of alkyl halides is 4. The van der Waals surface area contributed by atoms with Crippen molar-refractivity contribution in [2.45, 2.75) is 11.5 Å². The molecule has 14 heavy (non-hydrogen) atoms. The number of hydrogen-bond acceptors (Lipinski definition) is 1. The first kappa shape index (κ1) is 11.4. The molecule has 1 aromatic carbocycles. The van der Waals surface area contributed by atoms with Gasteiger partial charge in [0.15, 0.2) is 0 Å². The molecule has 1 aromatic rings. The molecule has 0 aliphatic rings. The minimum Gasteiger partial charge on any atom is -0.496 e. The molecule has 5 heteroatoms. The Morgan fingerprint density at radius 2 is 2.00 bits per heavy atom. The molecule has 0 spiro atoms. The average Bonchev–Trinajstić information content (AvgIpc) is 2.15. The van der Waals surface area contributed by atoms with Crippen molar-refractivity contribution in [1.29, 1.82) is 0 Å². The number of halogens is 4. The average molecular weight is 269 g/mol. The zero-order chi connectivity index (χ0) is 10.8. The number of hydrogen-bond donors (Lipinski definition) is 0. The third-order valence-electron chi connectivity index (χ3n) is 1.79. The van der Waals surface area contributed by atoms with Gasteiger partial charge in [-0.1, -0.05) is 22.0 Å². The Morgan fingerprint density at radius 1 is 1.36 bits per heavy atom. The molecular weight excluding hydrogens is 261 g/mol. The third-order valence-corrected chi connectivity index (χ3v) is 2.35. The number of methoxy groups -OCH3 is 1. The van der Waals surface area contributed by atoms with Crippen molar-refractivity contribution >= 4 is 15.9 Å². The van der Waals surface area contributed by atoms with Crippen LogP contribution < -0.4 is 4.74 Å². The molecule has 1 nitrogen and oxygen atoms in total. The van der Waals surface area contributed by atoms with E-state index in [1.165, 1.54) is 19.2 Å². The van der Waals surface area contributed by atoms with E-state index < -0.39 is 11.7 Å². The summed E-state index contributed by atoms with van der Waals surface area (Å²) in [5.41, 5.74) is -0.531. The molecule has 1 rings (SSSR count). The highest BCUT2D eigenvalue weighted by Gasteiger charge is 2.34. The van der Waals surface area contributed by atoms with Gasteiger partial charge in [-0.2, -0.15) is 13.2 Å². The standard InChI is InChI=1S/C9H8BrF3O/c1-14-8-4-2-3-7(6(8)5-10)9(11,12)13/h2-4H,5H2,1H3. The van der Waals surface area contributed by atoms with E-state index >= 15 is 0 Å². The largest absolute Gasteiger partial charge is 0.496 e. The molecular formula is C9H8BrF3O. The van der Waals surface area contributed by atoms with Gasteiger partial charge in [-0.25, -0.2) is 0 Å². The van der Waals surface area contributed by atoms with Crippen LogP contribution in [-0.2, 0) is 11.5 Å². The molecule has 0 heterocycles. The summed E-state index contributed by atoms with van der Waals surface area (Å²) in [5.74, 6) is 0.247. The molecule has 0 saturated carbocycles. The van der Waals surface area contributed by atoms with E-state index in [2.05, 4.69) is 15.9 Å². The molecule has 0 fully saturated rings. The van der Waals surface area contributed by atoms with Crippen LogP contribution in [0.5, 0.6) is 5.75 Å². The lowest BCUT2D eigenvalue weighted by Gasteiger charge is -2.13. The van der Waals surface area contributed by atoms with E-state index in [1.54, 1.807) is 0 Å². The first-order valence-corrected chi connectivity index (χ1v) is 4.92. The summed E-state index contributed by atoms with van der Waals surface area (Å²) in [6, 6.07) is 3.87. The molecule has 0 aromatic heterocycles. The second-order valence-corrected chi connectivity index (χ2v) is 3.18. The molecule has 0 radical (unpaired) electrons. The molecule has 0 N–H and O–H groups in total. The van der Waals surface area contributed by atoms with Crippen molar-refractivity contribution in [1.82, 2.24) is 0 Å². The van der Waals surface area contributed by atoms with Crippen molar-refractivity contribution in [2.24, 2.45) is 0 Å². The summed E-state index contributed by atoms with van der Waals surface area (Å²) in [5, 5.41) is 0.117. The maximum atomic E-state index is 12.5.